The molecular weight excluding hydrogens is 434 g/mol. The number of rotatable bonds is 8. The van der Waals surface area contributed by atoms with Crippen molar-refractivity contribution < 1.29 is 18.3 Å². The Morgan fingerprint density at radius 3 is 2.69 bits per heavy atom. The van der Waals surface area contributed by atoms with Gasteiger partial charge in [0.2, 0.25) is 0 Å². The van der Waals surface area contributed by atoms with E-state index in [9.17, 15) is 13.6 Å². The van der Waals surface area contributed by atoms with Crippen molar-refractivity contribution in [2.24, 2.45) is 0 Å². The molecule has 166 valence electrons. The van der Waals surface area contributed by atoms with Crippen LogP contribution >= 0.6 is 11.3 Å². The summed E-state index contributed by atoms with van der Waals surface area (Å²) in [5, 5.41) is 0.322. The second-order valence-electron chi connectivity index (χ2n) is 7.53. The molecule has 0 aliphatic carbocycles. The fourth-order valence-corrected chi connectivity index (χ4v) is 4.31. The smallest absolute Gasteiger partial charge is 0.260 e. The van der Waals surface area contributed by atoms with Gasteiger partial charge in [-0.1, -0.05) is 11.3 Å². The topological polar surface area (TPSA) is 60.2 Å². The summed E-state index contributed by atoms with van der Waals surface area (Å²) in [4.78, 5) is 23.2. The molecule has 0 fully saturated rings. The van der Waals surface area contributed by atoms with E-state index >= 15 is 0 Å². The van der Waals surface area contributed by atoms with Gasteiger partial charge in [0.15, 0.2) is 10.9 Å². The van der Waals surface area contributed by atoms with E-state index in [1.165, 1.54) is 11.0 Å². The van der Waals surface area contributed by atoms with Crippen LogP contribution in [0.15, 0.2) is 55.1 Å². The fourth-order valence-electron chi connectivity index (χ4n) is 3.28. The van der Waals surface area contributed by atoms with E-state index in [-0.39, 0.29) is 17.5 Å². The third-order valence-electron chi connectivity index (χ3n) is 4.71. The minimum Gasteiger partial charge on any atom is -0.491 e. The highest BCUT2D eigenvalue weighted by atomic mass is 32.1. The van der Waals surface area contributed by atoms with Crippen molar-refractivity contribution >= 4 is 32.6 Å². The van der Waals surface area contributed by atoms with Gasteiger partial charge in [-0.25, -0.2) is 18.7 Å². The summed E-state index contributed by atoms with van der Waals surface area (Å²) in [6, 6.07) is 8.89. The average molecular weight is 457 g/mol. The number of amides is 1. The summed E-state index contributed by atoms with van der Waals surface area (Å²) in [7, 11) is 0. The van der Waals surface area contributed by atoms with Crippen molar-refractivity contribution in [3.8, 4) is 5.75 Å². The second kappa shape index (κ2) is 9.44. The molecule has 0 radical (unpaired) electrons. The molecule has 0 aliphatic heterocycles. The number of ether oxygens (including phenoxy) is 1. The van der Waals surface area contributed by atoms with Crippen LogP contribution in [0.2, 0.25) is 0 Å². The van der Waals surface area contributed by atoms with E-state index in [1.54, 1.807) is 36.8 Å². The third kappa shape index (κ3) is 4.94. The minimum absolute atomic E-state index is 0.0225. The Morgan fingerprint density at radius 1 is 1.22 bits per heavy atom. The maximum atomic E-state index is 14.2. The number of halogens is 2. The Balaban J connectivity index is 1.62. The lowest BCUT2D eigenvalue weighted by Gasteiger charge is -2.20. The summed E-state index contributed by atoms with van der Waals surface area (Å²) in [6.45, 7) is 4.86. The molecule has 4 aromatic rings. The predicted octanol–water partition coefficient (Wildman–Crippen LogP) is 5.30. The number of aromatic nitrogens is 3. The van der Waals surface area contributed by atoms with Crippen LogP contribution in [0.25, 0.3) is 10.2 Å². The number of anilines is 1. The predicted molar refractivity (Wildman–Crippen MR) is 120 cm³/mol. The average Bonchev–Trinajstić information content (AvgIpc) is 3.41. The maximum absolute atomic E-state index is 14.2. The van der Waals surface area contributed by atoms with Crippen molar-refractivity contribution in [2.75, 3.05) is 11.4 Å². The first-order chi connectivity index (χ1) is 15.4. The number of hydrogen-bond donors (Lipinski definition) is 0. The molecule has 2 heterocycles. The SMILES string of the molecule is CC(C)Oc1ccc(C(=O)N(CCCn2ccnc2)c2nc3c(F)cc(F)cc3s2)cc1. The lowest BCUT2D eigenvalue weighted by molar-refractivity contribution is 0.0986. The van der Waals surface area contributed by atoms with Gasteiger partial charge in [0.25, 0.3) is 5.91 Å². The molecule has 0 unspecified atom stereocenters. The first kappa shape index (κ1) is 21.9. The van der Waals surface area contributed by atoms with Crippen LogP contribution in [0.4, 0.5) is 13.9 Å². The molecule has 0 atom stereocenters. The van der Waals surface area contributed by atoms with Gasteiger partial charge in [-0.05, 0) is 50.6 Å². The van der Waals surface area contributed by atoms with Crippen LogP contribution in [0.5, 0.6) is 5.75 Å². The Kier molecular flexibility index (Phi) is 6.45. The van der Waals surface area contributed by atoms with Gasteiger partial charge in [-0.2, -0.15) is 0 Å². The molecule has 1 amide bonds. The monoisotopic (exact) mass is 456 g/mol. The summed E-state index contributed by atoms with van der Waals surface area (Å²) in [5.41, 5.74) is 0.508. The third-order valence-corrected chi connectivity index (χ3v) is 5.73. The second-order valence-corrected chi connectivity index (χ2v) is 8.54. The highest BCUT2D eigenvalue weighted by Crippen LogP contribution is 2.32. The number of imidazole rings is 1. The van der Waals surface area contributed by atoms with Gasteiger partial charge in [-0.15, -0.1) is 0 Å². The quantitative estimate of drug-likeness (QED) is 0.361. The molecule has 0 N–H and O–H groups in total. The zero-order chi connectivity index (χ0) is 22.7. The van der Waals surface area contributed by atoms with Crippen LogP contribution < -0.4 is 9.64 Å². The van der Waals surface area contributed by atoms with Crippen molar-refractivity contribution in [3.05, 3.63) is 72.3 Å². The molecular formula is C23H22F2N4O2S. The molecule has 0 spiro atoms. The Bertz CT molecular complexity index is 1210. The van der Waals surface area contributed by atoms with Crippen LogP contribution in [-0.2, 0) is 6.54 Å². The largest absolute Gasteiger partial charge is 0.491 e. The fraction of sp³-hybridized carbons (Fsp3) is 0.261. The zero-order valence-electron chi connectivity index (χ0n) is 17.7. The number of benzene rings is 2. The highest BCUT2D eigenvalue weighted by molar-refractivity contribution is 7.22. The molecule has 6 nitrogen and oxygen atoms in total. The molecule has 4 rings (SSSR count). The standard InChI is InChI=1S/C23H22F2N4O2S/c1-15(2)31-18-6-4-16(5-7-18)22(30)29(10-3-9-28-11-8-26-14-28)23-27-21-19(25)12-17(24)13-20(21)32-23/h4-8,11-15H,3,9-10H2,1-2H3. The summed E-state index contributed by atoms with van der Waals surface area (Å²) in [5.74, 6) is -1.03. The van der Waals surface area contributed by atoms with Crippen molar-refractivity contribution in [2.45, 2.75) is 32.9 Å². The van der Waals surface area contributed by atoms with E-state index in [2.05, 4.69) is 9.97 Å². The van der Waals surface area contributed by atoms with Crippen LogP contribution in [0.3, 0.4) is 0 Å². The van der Waals surface area contributed by atoms with E-state index in [1.807, 2.05) is 24.6 Å². The number of nitrogens with zero attached hydrogens (tertiary/aromatic N) is 4. The lowest BCUT2D eigenvalue weighted by atomic mass is 10.2. The Labute approximate surface area is 188 Å². The van der Waals surface area contributed by atoms with Crippen LogP contribution in [-0.4, -0.2) is 33.1 Å². The van der Waals surface area contributed by atoms with Gasteiger partial charge < -0.3 is 9.30 Å². The number of thiazole rings is 1. The zero-order valence-corrected chi connectivity index (χ0v) is 18.5. The summed E-state index contributed by atoms with van der Waals surface area (Å²) in [6.07, 6.45) is 5.89. The highest BCUT2D eigenvalue weighted by Gasteiger charge is 2.22. The van der Waals surface area contributed by atoms with Gasteiger partial charge >= 0.3 is 0 Å². The van der Waals surface area contributed by atoms with Gasteiger partial charge in [-0.3, -0.25) is 9.69 Å². The molecule has 32 heavy (non-hydrogen) atoms. The molecule has 2 aromatic heterocycles. The molecule has 0 saturated carbocycles. The minimum atomic E-state index is -0.747. The molecule has 0 saturated heterocycles. The van der Waals surface area contributed by atoms with Gasteiger partial charge in [0.1, 0.15) is 17.1 Å². The van der Waals surface area contributed by atoms with Crippen molar-refractivity contribution in [1.82, 2.24) is 14.5 Å². The van der Waals surface area contributed by atoms with E-state index in [0.29, 0.717) is 40.7 Å². The lowest BCUT2D eigenvalue weighted by Crippen LogP contribution is -2.32. The number of carbonyl (C=O) groups excluding carboxylic acids is 1. The van der Waals surface area contributed by atoms with Crippen molar-refractivity contribution in [3.63, 3.8) is 0 Å². The summed E-state index contributed by atoms with van der Waals surface area (Å²) >= 11 is 1.09. The first-order valence-electron chi connectivity index (χ1n) is 10.2. The number of fused-ring (bicyclic) bond motifs is 1. The maximum Gasteiger partial charge on any atom is 0.260 e. The molecule has 0 bridgehead atoms. The van der Waals surface area contributed by atoms with Gasteiger partial charge in [0, 0.05) is 37.1 Å². The van der Waals surface area contributed by atoms with E-state index in [4.69, 9.17) is 4.74 Å². The first-order valence-corrected chi connectivity index (χ1v) is 11.0. The molecule has 2 aromatic carbocycles. The van der Waals surface area contributed by atoms with Crippen LogP contribution in [0.1, 0.15) is 30.6 Å². The van der Waals surface area contributed by atoms with E-state index < -0.39 is 11.6 Å². The Hall–Kier alpha value is -3.33. The number of aryl methyl sites for hydroxylation is 1. The van der Waals surface area contributed by atoms with E-state index in [0.717, 1.165) is 17.4 Å². The molecule has 9 heteroatoms. The number of hydrogen-bond acceptors (Lipinski definition) is 5. The molecule has 0 aliphatic rings. The number of carbonyl (C=O) groups is 1. The Morgan fingerprint density at radius 2 is 2.00 bits per heavy atom. The normalized spacial score (nSPS) is 11.3. The van der Waals surface area contributed by atoms with Crippen LogP contribution in [0, 0.1) is 11.6 Å². The summed E-state index contributed by atoms with van der Waals surface area (Å²) < 4.78 is 35.8. The van der Waals surface area contributed by atoms with Crippen molar-refractivity contribution in [1.29, 1.82) is 0 Å². The van der Waals surface area contributed by atoms with Gasteiger partial charge in [0.05, 0.1) is 17.1 Å².